The summed E-state index contributed by atoms with van der Waals surface area (Å²) in [5.41, 5.74) is 0.153. The Bertz CT molecular complexity index is 1310. The normalized spacial score (nSPS) is 18.6. The zero-order valence-corrected chi connectivity index (χ0v) is 21.3. The van der Waals surface area contributed by atoms with E-state index in [4.69, 9.17) is 9.97 Å². The highest BCUT2D eigenvalue weighted by molar-refractivity contribution is 5.62. The minimum absolute atomic E-state index is 0.0994. The molecule has 0 spiro atoms. The first-order valence-electron chi connectivity index (χ1n) is 12.8. The molecule has 12 heteroatoms. The minimum atomic E-state index is -4.56. The first kappa shape index (κ1) is 27.2. The Kier molecular flexibility index (Phi) is 7.41. The van der Waals surface area contributed by atoms with E-state index in [1.807, 2.05) is 0 Å². The van der Waals surface area contributed by atoms with E-state index in [-0.39, 0.29) is 18.9 Å². The summed E-state index contributed by atoms with van der Waals surface area (Å²) in [5.74, 6) is 0.810. The lowest BCUT2D eigenvalue weighted by atomic mass is 10.0. The maximum absolute atomic E-state index is 13.7. The van der Waals surface area contributed by atoms with Crippen LogP contribution in [0.1, 0.15) is 54.4 Å². The lowest BCUT2D eigenvalue weighted by Gasteiger charge is -2.34. The van der Waals surface area contributed by atoms with Gasteiger partial charge in [-0.3, -0.25) is 4.90 Å². The fourth-order valence-electron chi connectivity index (χ4n) is 5.16. The fourth-order valence-corrected chi connectivity index (χ4v) is 5.16. The number of aromatic nitrogens is 3. The molecular formula is C27H28F6N6. The van der Waals surface area contributed by atoms with Crippen LogP contribution in [0.4, 0.5) is 43.7 Å². The number of hydrogen-bond donors (Lipinski definition) is 1. The van der Waals surface area contributed by atoms with Crippen LogP contribution in [0.3, 0.4) is 0 Å². The van der Waals surface area contributed by atoms with E-state index in [2.05, 4.69) is 22.1 Å². The average Bonchev–Trinajstić information content (AvgIpc) is 2.89. The lowest BCUT2D eigenvalue weighted by Crippen LogP contribution is -2.38. The van der Waals surface area contributed by atoms with Crippen LogP contribution in [0.5, 0.6) is 0 Å². The number of nitrogens with one attached hydrogen (secondary N) is 1. The van der Waals surface area contributed by atoms with E-state index in [1.54, 1.807) is 4.90 Å². The van der Waals surface area contributed by atoms with Crippen molar-refractivity contribution in [1.29, 1.82) is 0 Å². The maximum atomic E-state index is 13.7. The number of alkyl halides is 6. The van der Waals surface area contributed by atoms with Gasteiger partial charge in [0.05, 0.1) is 29.9 Å². The third-order valence-electron chi connectivity index (χ3n) is 7.26. The molecule has 6 nitrogen and oxygen atoms in total. The average molecular weight is 551 g/mol. The lowest BCUT2D eigenvalue weighted by molar-refractivity contribution is -0.138. The molecule has 0 aliphatic carbocycles. The molecule has 0 radical (unpaired) electrons. The molecule has 39 heavy (non-hydrogen) atoms. The minimum Gasteiger partial charge on any atom is -0.350 e. The number of benzene rings is 1. The molecule has 1 atom stereocenters. The Morgan fingerprint density at radius 3 is 2.41 bits per heavy atom. The van der Waals surface area contributed by atoms with Gasteiger partial charge in [0.25, 0.3) is 0 Å². The van der Waals surface area contributed by atoms with Gasteiger partial charge in [0.15, 0.2) is 0 Å². The fraction of sp³-hybridized carbons (Fsp3) is 0.444. The molecule has 208 valence electrons. The molecule has 5 rings (SSSR count). The van der Waals surface area contributed by atoms with E-state index >= 15 is 0 Å². The summed E-state index contributed by atoms with van der Waals surface area (Å²) in [6.07, 6.45) is -4.08. The van der Waals surface area contributed by atoms with Gasteiger partial charge in [0.2, 0.25) is 0 Å². The summed E-state index contributed by atoms with van der Waals surface area (Å²) in [5, 5.41) is 3.14. The first-order chi connectivity index (χ1) is 18.5. The van der Waals surface area contributed by atoms with Crippen LogP contribution >= 0.6 is 0 Å². The predicted octanol–water partition coefficient (Wildman–Crippen LogP) is 6.59. The van der Waals surface area contributed by atoms with Gasteiger partial charge >= 0.3 is 12.4 Å². The van der Waals surface area contributed by atoms with E-state index < -0.39 is 23.5 Å². The summed E-state index contributed by atoms with van der Waals surface area (Å²) in [6, 6.07) is 7.27. The molecule has 2 aromatic heterocycles. The highest BCUT2D eigenvalue weighted by Crippen LogP contribution is 2.38. The molecule has 0 amide bonds. The van der Waals surface area contributed by atoms with E-state index in [1.165, 1.54) is 24.4 Å². The van der Waals surface area contributed by atoms with Gasteiger partial charge in [-0.1, -0.05) is 6.42 Å². The topological polar surface area (TPSA) is 57.2 Å². The van der Waals surface area contributed by atoms with Crippen LogP contribution in [-0.2, 0) is 31.9 Å². The van der Waals surface area contributed by atoms with Crippen molar-refractivity contribution in [2.45, 2.75) is 64.1 Å². The van der Waals surface area contributed by atoms with Crippen LogP contribution in [-0.4, -0.2) is 39.0 Å². The number of pyridine rings is 1. The SMILES string of the molecule is CC1CCCCN1Cc1nc2c(c(Nc3ccc(C(F)(F)F)cc3)n1)CCN(c1ncccc1C(F)(F)F)C2. The van der Waals surface area contributed by atoms with Crippen molar-refractivity contribution in [3.63, 3.8) is 0 Å². The molecule has 1 N–H and O–H groups in total. The summed E-state index contributed by atoms with van der Waals surface area (Å²) in [6.45, 7) is 3.84. The van der Waals surface area contributed by atoms with Gasteiger partial charge < -0.3 is 10.2 Å². The highest BCUT2D eigenvalue weighted by atomic mass is 19.4. The van der Waals surface area contributed by atoms with Crippen LogP contribution in [0.25, 0.3) is 0 Å². The number of piperidine rings is 1. The Balaban J connectivity index is 1.48. The molecule has 1 saturated heterocycles. The molecule has 3 aromatic rings. The van der Waals surface area contributed by atoms with Crippen molar-refractivity contribution in [3.8, 4) is 0 Å². The Hall–Kier alpha value is -3.41. The van der Waals surface area contributed by atoms with Crippen molar-refractivity contribution < 1.29 is 26.3 Å². The number of nitrogens with zero attached hydrogens (tertiary/aromatic N) is 5. The number of likely N-dealkylation sites (tertiary alicyclic amines) is 1. The Labute approximate surface area is 222 Å². The van der Waals surface area contributed by atoms with Crippen molar-refractivity contribution in [2.24, 2.45) is 0 Å². The molecule has 0 saturated carbocycles. The standard InChI is InChI=1S/C27H28F6N6/c1-17-5-2-3-13-38(17)16-23-36-22-15-39(25-21(27(31,32)33)6-4-12-34-25)14-11-20(22)24(37-23)35-19-9-7-18(8-10-19)26(28,29)30/h4,6-10,12,17H,2-3,5,11,13-16H2,1H3,(H,35,36,37). The van der Waals surface area contributed by atoms with Crippen LogP contribution in [0, 0.1) is 0 Å². The number of halogens is 6. The van der Waals surface area contributed by atoms with Crippen LogP contribution in [0.15, 0.2) is 42.6 Å². The van der Waals surface area contributed by atoms with Gasteiger partial charge in [0, 0.05) is 30.0 Å². The third kappa shape index (κ3) is 6.10. The quantitative estimate of drug-likeness (QED) is 0.362. The maximum Gasteiger partial charge on any atom is 0.419 e. The third-order valence-corrected chi connectivity index (χ3v) is 7.26. The summed E-state index contributed by atoms with van der Waals surface area (Å²) < 4.78 is 80.2. The van der Waals surface area contributed by atoms with E-state index in [0.717, 1.165) is 49.6 Å². The van der Waals surface area contributed by atoms with Gasteiger partial charge in [-0.25, -0.2) is 15.0 Å². The molecular weight excluding hydrogens is 522 g/mol. The molecule has 2 aliphatic heterocycles. The van der Waals surface area contributed by atoms with Crippen molar-refractivity contribution >= 4 is 17.3 Å². The van der Waals surface area contributed by atoms with Crippen molar-refractivity contribution in [1.82, 2.24) is 19.9 Å². The zero-order valence-electron chi connectivity index (χ0n) is 21.3. The molecule has 2 aliphatic rings. The van der Waals surface area contributed by atoms with Crippen molar-refractivity contribution in [2.75, 3.05) is 23.3 Å². The second kappa shape index (κ2) is 10.6. The number of hydrogen-bond acceptors (Lipinski definition) is 6. The summed E-state index contributed by atoms with van der Waals surface area (Å²) >= 11 is 0. The summed E-state index contributed by atoms with van der Waals surface area (Å²) in [7, 11) is 0. The zero-order chi connectivity index (χ0) is 27.8. The molecule has 1 unspecified atom stereocenters. The van der Waals surface area contributed by atoms with Gasteiger partial charge in [-0.15, -0.1) is 0 Å². The van der Waals surface area contributed by atoms with Gasteiger partial charge in [0.1, 0.15) is 17.5 Å². The number of fused-ring (bicyclic) bond motifs is 1. The van der Waals surface area contributed by atoms with Gasteiger partial charge in [-0.2, -0.15) is 26.3 Å². The number of anilines is 3. The second-order valence-corrected chi connectivity index (χ2v) is 9.97. The second-order valence-electron chi connectivity index (χ2n) is 9.97. The van der Waals surface area contributed by atoms with Crippen LogP contribution in [0.2, 0.25) is 0 Å². The van der Waals surface area contributed by atoms with Crippen molar-refractivity contribution in [3.05, 3.63) is 70.8 Å². The van der Waals surface area contributed by atoms with Crippen LogP contribution < -0.4 is 10.2 Å². The van der Waals surface area contributed by atoms with Gasteiger partial charge in [-0.05, 0) is 69.1 Å². The molecule has 0 bridgehead atoms. The molecule has 1 aromatic carbocycles. The Morgan fingerprint density at radius 2 is 1.72 bits per heavy atom. The first-order valence-corrected chi connectivity index (χ1v) is 12.8. The van der Waals surface area contributed by atoms with E-state index in [0.29, 0.717) is 42.0 Å². The molecule has 1 fully saturated rings. The smallest absolute Gasteiger partial charge is 0.350 e. The Morgan fingerprint density at radius 1 is 0.949 bits per heavy atom. The summed E-state index contributed by atoms with van der Waals surface area (Å²) in [4.78, 5) is 17.4. The predicted molar refractivity (Wildman–Crippen MR) is 134 cm³/mol. The largest absolute Gasteiger partial charge is 0.419 e. The molecule has 4 heterocycles. The highest BCUT2D eigenvalue weighted by Gasteiger charge is 2.37. The monoisotopic (exact) mass is 550 g/mol. The van der Waals surface area contributed by atoms with E-state index in [9.17, 15) is 26.3 Å². The number of rotatable bonds is 5.